The van der Waals surface area contributed by atoms with Gasteiger partial charge in [0, 0.05) is 25.6 Å². The highest BCUT2D eigenvalue weighted by molar-refractivity contribution is 5.89. The van der Waals surface area contributed by atoms with Crippen molar-refractivity contribution in [1.29, 1.82) is 0 Å². The number of aryl methyl sites for hydroxylation is 1. The van der Waals surface area contributed by atoms with Crippen LogP contribution < -0.4 is 10.1 Å². The molecular weight excluding hydrogens is 294 g/mol. The van der Waals surface area contributed by atoms with E-state index in [0.717, 1.165) is 12.3 Å². The van der Waals surface area contributed by atoms with Gasteiger partial charge in [-0.3, -0.25) is 4.79 Å². The molecule has 0 spiro atoms. The van der Waals surface area contributed by atoms with Crippen LogP contribution >= 0.6 is 0 Å². The highest BCUT2D eigenvalue weighted by Gasteiger charge is 2.08. The van der Waals surface area contributed by atoms with Gasteiger partial charge in [-0.1, -0.05) is 17.3 Å². The van der Waals surface area contributed by atoms with Crippen LogP contribution in [0.1, 0.15) is 24.7 Å². The van der Waals surface area contributed by atoms with Crippen LogP contribution in [0, 0.1) is 6.92 Å². The molecule has 0 fully saturated rings. The molecule has 124 valence electrons. The van der Waals surface area contributed by atoms with E-state index in [1.54, 1.807) is 13.0 Å². The van der Waals surface area contributed by atoms with Crippen LogP contribution in [0.2, 0.25) is 0 Å². The molecule has 2 rings (SSSR count). The summed E-state index contributed by atoms with van der Waals surface area (Å²) in [5, 5.41) is 6.46. The normalized spacial score (nSPS) is 10.8. The van der Waals surface area contributed by atoms with Gasteiger partial charge in [-0.2, -0.15) is 0 Å². The number of benzene rings is 1. The monoisotopic (exact) mass is 317 g/mol. The first-order chi connectivity index (χ1) is 11.1. The van der Waals surface area contributed by atoms with Crippen molar-refractivity contribution in [3.63, 3.8) is 0 Å². The molecule has 0 atom stereocenters. The van der Waals surface area contributed by atoms with E-state index in [2.05, 4.69) is 15.4 Å². The van der Waals surface area contributed by atoms with Crippen LogP contribution in [-0.4, -0.2) is 36.2 Å². The van der Waals surface area contributed by atoms with Crippen LogP contribution in [0.3, 0.4) is 0 Å². The Labute approximate surface area is 136 Å². The van der Waals surface area contributed by atoms with Gasteiger partial charge < -0.3 is 19.5 Å². The second-order valence-electron chi connectivity index (χ2n) is 5.44. The first-order valence-corrected chi connectivity index (χ1v) is 7.70. The number of carbonyl (C=O) groups excluding carboxylic acids is 1. The molecule has 1 amide bonds. The summed E-state index contributed by atoms with van der Waals surface area (Å²) in [7, 11) is 1.99. The molecule has 0 unspecified atom stereocenters. The Bertz CT molecular complexity index is 622. The summed E-state index contributed by atoms with van der Waals surface area (Å²) in [6, 6.07) is 9.71. The number of carbonyl (C=O) groups is 1. The molecule has 0 saturated heterocycles. The maximum absolute atomic E-state index is 11.9. The van der Waals surface area contributed by atoms with E-state index >= 15 is 0 Å². The van der Waals surface area contributed by atoms with Gasteiger partial charge in [-0.15, -0.1) is 0 Å². The fourth-order valence-corrected chi connectivity index (χ4v) is 2.17. The highest BCUT2D eigenvalue weighted by Crippen LogP contribution is 2.13. The SMILES string of the molecule is CCOc1ccc(CN(C)CCC(=O)Nc2cc(C)on2)cc1. The van der Waals surface area contributed by atoms with Crippen molar-refractivity contribution < 1.29 is 14.1 Å². The summed E-state index contributed by atoms with van der Waals surface area (Å²) in [5.74, 6) is 1.94. The molecule has 0 aliphatic rings. The molecule has 1 heterocycles. The lowest BCUT2D eigenvalue weighted by Crippen LogP contribution is -2.24. The maximum atomic E-state index is 11.9. The van der Waals surface area contributed by atoms with Crippen molar-refractivity contribution in [3.05, 3.63) is 41.7 Å². The lowest BCUT2D eigenvalue weighted by molar-refractivity contribution is -0.116. The average molecular weight is 317 g/mol. The molecule has 23 heavy (non-hydrogen) atoms. The Balaban J connectivity index is 1.73. The third-order valence-corrected chi connectivity index (χ3v) is 3.30. The predicted molar refractivity (Wildman–Crippen MR) is 88.4 cm³/mol. The Kier molecular flexibility index (Phi) is 6.17. The largest absolute Gasteiger partial charge is 0.494 e. The molecule has 1 aromatic heterocycles. The first kappa shape index (κ1) is 17.0. The van der Waals surface area contributed by atoms with Crippen molar-refractivity contribution in [2.75, 3.05) is 25.5 Å². The Morgan fingerprint density at radius 3 is 2.70 bits per heavy atom. The number of rotatable bonds is 8. The van der Waals surface area contributed by atoms with Crippen LogP contribution in [0.15, 0.2) is 34.9 Å². The van der Waals surface area contributed by atoms with E-state index in [4.69, 9.17) is 9.26 Å². The molecule has 0 bridgehead atoms. The summed E-state index contributed by atoms with van der Waals surface area (Å²) < 4.78 is 10.3. The van der Waals surface area contributed by atoms with E-state index < -0.39 is 0 Å². The van der Waals surface area contributed by atoms with E-state index in [1.165, 1.54) is 5.56 Å². The van der Waals surface area contributed by atoms with Crippen LogP contribution in [0.5, 0.6) is 5.75 Å². The summed E-state index contributed by atoms with van der Waals surface area (Å²) in [5.41, 5.74) is 1.18. The predicted octanol–water partition coefficient (Wildman–Crippen LogP) is 2.84. The van der Waals surface area contributed by atoms with Gasteiger partial charge >= 0.3 is 0 Å². The number of anilines is 1. The van der Waals surface area contributed by atoms with Gasteiger partial charge in [0.2, 0.25) is 5.91 Å². The topological polar surface area (TPSA) is 67.6 Å². The fourth-order valence-electron chi connectivity index (χ4n) is 2.17. The van der Waals surface area contributed by atoms with Gasteiger partial charge in [0.1, 0.15) is 11.5 Å². The maximum Gasteiger partial charge on any atom is 0.226 e. The van der Waals surface area contributed by atoms with Crippen LogP contribution in [0.25, 0.3) is 0 Å². The lowest BCUT2D eigenvalue weighted by atomic mass is 10.2. The summed E-state index contributed by atoms with van der Waals surface area (Å²) in [6.07, 6.45) is 0.402. The minimum absolute atomic E-state index is 0.0724. The summed E-state index contributed by atoms with van der Waals surface area (Å²) in [4.78, 5) is 14.0. The van der Waals surface area contributed by atoms with Gasteiger partial charge in [-0.25, -0.2) is 0 Å². The van der Waals surface area contributed by atoms with Gasteiger partial charge in [0.15, 0.2) is 5.82 Å². The van der Waals surface area contributed by atoms with E-state index in [-0.39, 0.29) is 5.91 Å². The zero-order chi connectivity index (χ0) is 16.7. The minimum atomic E-state index is -0.0724. The Morgan fingerprint density at radius 2 is 2.09 bits per heavy atom. The van der Waals surface area contributed by atoms with Gasteiger partial charge in [0.05, 0.1) is 6.61 Å². The highest BCUT2D eigenvalue weighted by atomic mass is 16.5. The summed E-state index contributed by atoms with van der Waals surface area (Å²) in [6.45, 7) is 5.86. The average Bonchev–Trinajstić information content (AvgIpc) is 2.92. The molecule has 6 heteroatoms. The van der Waals surface area contributed by atoms with Crippen molar-refractivity contribution in [1.82, 2.24) is 10.1 Å². The number of ether oxygens (including phenoxy) is 1. The zero-order valence-corrected chi connectivity index (χ0v) is 13.8. The third kappa shape index (κ3) is 5.75. The molecule has 0 aliphatic carbocycles. The molecule has 0 radical (unpaired) electrons. The second kappa shape index (κ2) is 8.33. The molecule has 1 aromatic carbocycles. The fraction of sp³-hybridized carbons (Fsp3) is 0.412. The van der Waals surface area contributed by atoms with E-state index in [0.29, 0.717) is 31.2 Å². The minimum Gasteiger partial charge on any atom is -0.494 e. The number of nitrogens with one attached hydrogen (secondary N) is 1. The quantitative estimate of drug-likeness (QED) is 0.811. The smallest absolute Gasteiger partial charge is 0.226 e. The zero-order valence-electron chi connectivity index (χ0n) is 13.8. The van der Waals surface area contributed by atoms with E-state index in [9.17, 15) is 4.79 Å². The number of nitrogens with zero attached hydrogens (tertiary/aromatic N) is 2. The Hall–Kier alpha value is -2.34. The van der Waals surface area contributed by atoms with Crippen molar-refractivity contribution >= 4 is 11.7 Å². The second-order valence-corrected chi connectivity index (χ2v) is 5.44. The van der Waals surface area contributed by atoms with Gasteiger partial charge in [-0.05, 0) is 38.6 Å². The molecule has 2 aromatic rings. The van der Waals surface area contributed by atoms with Gasteiger partial charge in [0.25, 0.3) is 0 Å². The molecule has 1 N–H and O–H groups in total. The Morgan fingerprint density at radius 1 is 1.35 bits per heavy atom. The third-order valence-electron chi connectivity index (χ3n) is 3.30. The number of hydrogen-bond donors (Lipinski definition) is 1. The number of amides is 1. The molecule has 0 aliphatic heterocycles. The van der Waals surface area contributed by atoms with Crippen LogP contribution in [-0.2, 0) is 11.3 Å². The van der Waals surface area contributed by atoms with Crippen molar-refractivity contribution in [2.45, 2.75) is 26.8 Å². The molecular formula is C17H23N3O3. The van der Waals surface area contributed by atoms with Crippen molar-refractivity contribution in [2.24, 2.45) is 0 Å². The van der Waals surface area contributed by atoms with Crippen LogP contribution in [0.4, 0.5) is 5.82 Å². The summed E-state index contributed by atoms with van der Waals surface area (Å²) >= 11 is 0. The standard InChI is InChI=1S/C17H23N3O3/c1-4-22-15-7-5-14(6-8-15)12-20(3)10-9-17(21)18-16-11-13(2)23-19-16/h5-8,11H,4,9-10,12H2,1-3H3,(H,18,19,21). The first-order valence-electron chi connectivity index (χ1n) is 7.70. The van der Waals surface area contributed by atoms with E-state index in [1.807, 2.05) is 38.2 Å². The number of hydrogen-bond acceptors (Lipinski definition) is 5. The molecule has 6 nitrogen and oxygen atoms in total. The lowest BCUT2D eigenvalue weighted by Gasteiger charge is -2.16. The number of aromatic nitrogens is 1. The molecule has 0 saturated carbocycles. The van der Waals surface area contributed by atoms with Crippen molar-refractivity contribution in [3.8, 4) is 5.75 Å².